The average Bonchev–Trinajstić information content (AvgIpc) is 3.47. The molecule has 228 valence electrons. The highest BCUT2D eigenvalue weighted by molar-refractivity contribution is 8.00. The van der Waals surface area contributed by atoms with Gasteiger partial charge < -0.3 is 5.32 Å². The van der Waals surface area contributed by atoms with Crippen molar-refractivity contribution in [2.75, 3.05) is 5.32 Å². The fraction of sp³-hybridized carbons (Fsp3) is 0.290. The number of anilines is 1. The van der Waals surface area contributed by atoms with Gasteiger partial charge in [0.15, 0.2) is 5.16 Å². The topological polar surface area (TPSA) is 90.9 Å². The van der Waals surface area contributed by atoms with Crippen molar-refractivity contribution in [3.63, 3.8) is 0 Å². The molecule has 8 nitrogen and oxygen atoms in total. The van der Waals surface area contributed by atoms with E-state index in [1.54, 1.807) is 49.8 Å². The highest BCUT2D eigenvalue weighted by Gasteiger charge is 2.35. The van der Waals surface area contributed by atoms with E-state index in [1.807, 2.05) is 6.07 Å². The number of aryl methyl sites for hydroxylation is 2. The van der Waals surface area contributed by atoms with Gasteiger partial charge in [-0.15, -0.1) is 11.3 Å². The number of fused-ring (bicyclic) bond motifs is 3. The summed E-state index contributed by atoms with van der Waals surface area (Å²) in [6.07, 6.45) is -1.43. The van der Waals surface area contributed by atoms with Crippen LogP contribution in [-0.4, -0.2) is 30.1 Å². The second-order valence-electron chi connectivity index (χ2n) is 10.6. The predicted octanol–water partition coefficient (Wildman–Crippen LogP) is 6.26. The number of thioether (sulfide) groups is 1. The zero-order chi connectivity index (χ0) is 31.3. The summed E-state index contributed by atoms with van der Waals surface area (Å²) in [5.74, 6) is -0.559. The third-order valence-electron chi connectivity index (χ3n) is 7.86. The molecule has 44 heavy (non-hydrogen) atoms. The maximum atomic E-state index is 14.2. The number of rotatable bonds is 6. The molecule has 3 aromatic heterocycles. The molecule has 1 aliphatic rings. The summed E-state index contributed by atoms with van der Waals surface area (Å²) in [6.45, 7) is 3.26. The van der Waals surface area contributed by atoms with Gasteiger partial charge in [0, 0.05) is 11.9 Å². The van der Waals surface area contributed by atoms with Crippen LogP contribution in [0.1, 0.15) is 41.5 Å². The summed E-state index contributed by atoms with van der Waals surface area (Å²) in [5.41, 5.74) is -0.278. The molecule has 3 heterocycles. The Balaban J connectivity index is 1.42. The van der Waals surface area contributed by atoms with Gasteiger partial charge in [-0.3, -0.25) is 23.6 Å². The van der Waals surface area contributed by atoms with Crippen LogP contribution in [0.25, 0.3) is 21.6 Å². The molecule has 13 heteroatoms. The summed E-state index contributed by atoms with van der Waals surface area (Å²) >= 11 is 2.25. The molecule has 0 aliphatic heterocycles. The van der Waals surface area contributed by atoms with Crippen LogP contribution in [0.15, 0.2) is 69.3 Å². The molecule has 6 rings (SSSR count). The van der Waals surface area contributed by atoms with Crippen LogP contribution in [0.5, 0.6) is 0 Å². The third-order valence-corrected chi connectivity index (χ3v) is 10.1. The van der Waals surface area contributed by atoms with Gasteiger partial charge in [0.1, 0.15) is 10.5 Å². The second-order valence-corrected chi connectivity index (χ2v) is 13.0. The molecule has 1 amide bonds. The number of hydrogen-bond donors (Lipinski definition) is 1. The molecular formula is C31H28F3N5O3S2. The number of carbonyl (C=O) groups is 1. The van der Waals surface area contributed by atoms with E-state index in [0.29, 0.717) is 28.0 Å². The van der Waals surface area contributed by atoms with Crippen LogP contribution in [0.2, 0.25) is 0 Å². The molecule has 0 radical (unpaired) electrons. The van der Waals surface area contributed by atoms with Crippen LogP contribution < -0.4 is 16.4 Å². The van der Waals surface area contributed by atoms with Crippen LogP contribution in [0.3, 0.4) is 0 Å². The van der Waals surface area contributed by atoms with E-state index in [4.69, 9.17) is 4.98 Å². The number of carbonyl (C=O) groups excluding carboxylic acids is 1. The van der Waals surface area contributed by atoms with Crippen LogP contribution >= 0.6 is 23.1 Å². The zero-order valence-electron chi connectivity index (χ0n) is 24.1. The molecule has 0 saturated carbocycles. The Morgan fingerprint density at radius 3 is 2.43 bits per heavy atom. The summed E-state index contributed by atoms with van der Waals surface area (Å²) < 4.78 is 46.5. The first-order valence-electron chi connectivity index (χ1n) is 14.0. The minimum atomic E-state index is -4.73. The fourth-order valence-electron chi connectivity index (χ4n) is 5.53. The Kier molecular flexibility index (Phi) is 7.78. The Bertz CT molecular complexity index is 2030. The van der Waals surface area contributed by atoms with E-state index in [9.17, 15) is 27.6 Å². The number of nitrogens with zero attached hydrogens (tertiary/aromatic N) is 4. The average molecular weight is 640 g/mol. The molecular weight excluding hydrogens is 612 g/mol. The van der Waals surface area contributed by atoms with Gasteiger partial charge in [0.2, 0.25) is 5.91 Å². The Labute approximate surface area is 258 Å². The number of halogens is 3. The second kappa shape index (κ2) is 11.4. The number of hydrogen-bond acceptors (Lipinski definition) is 6. The van der Waals surface area contributed by atoms with E-state index in [0.717, 1.165) is 52.1 Å². The number of para-hydroxylation sites is 2. The van der Waals surface area contributed by atoms with Crippen molar-refractivity contribution >= 4 is 44.9 Å². The Morgan fingerprint density at radius 1 is 1.02 bits per heavy atom. The number of alkyl halides is 3. The normalized spacial score (nSPS) is 14.0. The lowest BCUT2D eigenvalue weighted by Gasteiger charge is -2.19. The van der Waals surface area contributed by atoms with E-state index in [2.05, 4.69) is 5.32 Å². The number of nitrogens with one attached hydrogen (secondary N) is 1. The van der Waals surface area contributed by atoms with Crippen molar-refractivity contribution < 1.29 is 18.0 Å². The molecule has 0 saturated heterocycles. The molecule has 5 aromatic rings. The predicted molar refractivity (Wildman–Crippen MR) is 167 cm³/mol. The fourth-order valence-corrected chi connectivity index (χ4v) is 7.76. The summed E-state index contributed by atoms with van der Waals surface area (Å²) in [7, 11) is 1.70. The van der Waals surface area contributed by atoms with E-state index in [1.165, 1.54) is 34.2 Å². The van der Waals surface area contributed by atoms with Gasteiger partial charge in [0.25, 0.3) is 11.1 Å². The van der Waals surface area contributed by atoms with Crippen molar-refractivity contribution in [1.29, 1.82) is 0 Å². The lowest BCUT2D eigenvalue weighted by Crippen LogP contribution is -2.29. The number of amides is 1. The van der Waals surface area contributed by atoms with E-state index >= 15 is 0 Å². The third kappa shape index (κ3) is 5.17. The Hall–Kier alpha value is -4.10. The van der Waals surface area contributed by atoms with Gasteiger partial charge >= 0.3 is 6.18 Å². The standard InChI is InChI=1S/C31H28F3N5O3S2/c1-17-25(29(42)39(37(17)3)19-11-5-4-6-12-19)35-26(40)18(2)43-30-36-27-24(20-13-7-10-16-23(20)44-27)28(41)38(30)22-15-9-8-14-21(22)31(32,33)34/h4-6,8-9,11-12,14-15,18H,7,10,13,16H2,1-3H3,(H,35,40). The first-order valence-corrected chi connectivity index (χ1v) is 15.7. The van der Waals surface area contributed by atoms with Crippen molar-refractivity contribution in [2.24, 2.45) is 7.05 Å². The maximum absolute atomic E-state index is 14.2. The van der Waals surface area contributed by atoms with E-state index in [-0.39, 0.29) is 16.5 Å². The zero-order valence-corrected chi connectivity index (χ0v) is 25.7. The van der Waals surface area contributed by atoms with Gasteiger partial charge in [0.05, 0.1) is 33.3 Å². The molecule has 2 aromatic carbocycles. The highest BCUT2D eigenvalue weighted by atomic mass is 32.2. The molecule has 1 aliphatic carbocycles. The largest absolute Gasteiger partial charge is 0.418 e. The first kappa shape index (κ1) is 29.9. The van der Waals surface area contributed by atoms with Crippen LogP contribution in [0.4, 0.5) is 18.9 Å². The van der Waals surface area contributed by atoms with Crippen molar-refractivity contribution in [2.45, 2.75) is 56.1 Å². The SMILES string of the molecule is Cc1c(NC(=O)C(C)Sc2nc3sc4c(c3c(=O)n2-c2ccccc2C(F)(F)F)CCCC4)c(=O)n(-c2ccccc2)n1C. The Morgan fingerprint density at radius 2 is 1.70 bits per heavy atom. The summed E-state index contributed by atoms with van der Waals surface area (Å²) in [4.78, 5) is 47.1. The number of thiophene rings is 1. The lowest BCUT2D eigenvalue weighted by molar-refractivity contribution is -0.137. The maximum Gasteiger partial charge on any atom is 0.418 e. The van der Waals surface area contributed by atoms with Gasteiger partial charge in [-0.2, -0.15) is 13.2 Å². The lowest BCUT2D eigenvalue weighted by atomic mass is 9.97. The molecule has 1 atom stereocenters. The number of aromatic nitrogens is 4. The molecule has 0 spiro atoms. The van der Waals surface area contributed by atoms with Gasteiger partial charge in [-0.1, -0.05) is 42.1 Å². The van der Waals surface area contributed by atoms with Crippen LogP contribution in [0, 0.1) is 6.92 Å². The molecule has 1 unspecified atom stereocenters. The van der Waals surface area contributed by atoms with Gasteiger partial charge in [-0.25, -0.2) is 9.67 Å². The molecule has 0 fully saturated rings. The van der Waals surface area contributed by atoms with Crippen molar-refractivity contribution in [3.8, 4) is 11.4 Å². The van der Waals surface area contributed by atoms with Crippen molar-refractivity contribution in [3.05, 3.63) is 97.0 Å². The minimum Gasteiger partial charge on any atom is -0.319 e. The highest BCUT2D eigenvalue weighted by Crippen LogP contribution is 2.38. The molecule has 1 N–H and O–H groups in total. The van der Waals surface area contributed by atoms with Gasteiger partial charge in [-0.05, 0) is 69.4 Å². The number of benzene rings is 2. The smallest absolute Gasteiger partial charge is 0.319 e. The quantitative estimate of drug-likeness (QED) is 0.175. The minimum absolute atomic E-state index is 0.0353. The van der Waals surface area contributed by atoms with Crippen molar-refractivity contribution in [1.82, 2.24) is 18.9 Å². The summed E-state index contributed by atoms with van der Waals surface area (Å²) in [6, 6.07) is 13.8. The van der Waals surface area contributed by atoms with Crippen LogP contribution in [-0.2, 0) is 30.9 Å². The monoisotopic (exact) mass is 639 g/mol. The van der Waals surface area contributed by atoms with E-state index < -0.39 is 34.0 Å². The molecule has 0 bridgehead atoms. The first-order chi connectivity index (χ1) is 21.0. The summed E-state index contributed by atoms with van der Waals surface area (Å²) in [5, 5.41) is 2.08.